The van der Waals surface area contributed by atoms with E-state index in [1.54, 1.807) is 7.11 Å². The molecule has 1 aliphatic rings. The van der Waals surface area contributed by atoms with Gasteiger partial charge in [0.2, 0.25) is 0 Å². The molecule has 5 nitrogen and oxygen atoms in total. The summed E-state index contributed by atoms with van der Waals surface area (Å²) in [6.07, 6.45) is 5.82. The van der Waals surface area contributed by atoms with Crippen LogP contribution >= 0.6 is 0 Å². The first-order valence-corrected chi connectivity index (χ1v) is 11.1. The molecule has 1 N–H and O–H groups in total. The van der Waals surface area contributed by atoms with Crippen molar-refractivity contribution >= 4 is 5.82 Å². The van der Waals surface area contributed by atoms with Crippen molar-refractivity contribution in [2.24, 2.45) is 0 Å². The standard InChI is InChI=1S/C24H34FN3O2/c1-5-18(15-30-12-11-25)26-24-21(7-3)27-23(20(6-2)28-24)19-13-16-9-8-10-17(16)14-22(19)29-4/h13-14,18H,5-12,15H2,1-4H3,(H,26,28)/t18-/m0/s1. The highest BCUT2D eigenvalue weighted by Gasteiger charge is 2.21. The first-order chi connectivity index (χ1) is 14.6. The SMILES string of the molecule is CCc1nc(-c2cc3c(cc2OC)CCC3)c(CC)nc1N[C@@H](CC)COCCF. The molecule has 1 heterocycles. The Morgan fingerprint density at radius 3 is 2.43 bits per heavy atom. The van der Waals surface area contributed by atoms with Crippen LogP contribution in [0.5, 0.6) is 5.75 Å². The molecule has 0 saturated heterocycles. The van der Waals surface area contributed by atoms with Crippen molar-refractivity contribution < 1.29 is 13.9 Å². The molecular weight excluding hydrogens is 381 g/mol. The molecule has 0 saturated carbocycles. The summed E-state index contributed by atoms with van der Waals surface area (Å²) in [7, 11) is 1.72. The van der Waals surface area contributed by atoms with Crippen LogP contribution in [0.3, 0.4) is 0 Å². The van der Waals surface area contributed by atoms with Crippen LogP contribution in [0.1, 0.15) is 56.1 Å². The maximum absolute atomic E-state index is 12.4. The van der Waals surface area contributed by atoms with E-state index in [-0.39, 0.29) is 12.6 Å². The van der Waals surface area contributed by atoms with Gasteiger partial charge in [-0.05, 0) is 61.8 Å². The average molecular weight is 416 g/mol. The molecule has 1 atom stereocenters. The monoisotopic (exact) mass is 415 g/mol. The van der Waals surface area contributed by atoms with Crippen molar-refractivity contribution in [3.8, 4) is 17.0 Å². The van der Waals surface area contributed by atoms with Crippen LogP contribution in [0.15, 0.2) is 12.1 Å². The van der Waals surface area contributed by atoms with Crippen LogP contribution in [0.4, 0.5) is 10.2 Å². The molecule has 1 aromatic heterocycles. The Labute approximate surface area is 179 Å². The number of methoxy groups -OCH3 is 1. The van der Waals surface area contributed by atoms with E-state index < -0.39 is 6.67 Å². The Morgan fingerprint density at radius 2 is 1.80 bits per heavy atom. The summed E-state index contributed by atoms with van der Waals surface area (Å²) < 4.78 is 23.5. The summed E-state index contributed by atoms with van der Waals surface area (Å²) in [6, 6.07) is 4.49. The van der Waals surface area contributed by atoms with Gasteiger partial charge >= 0.3 is 0 Å². The molecule has 0 spiro atoms. The summed E-state index contributed by atoms with van der Waals surface area (Å²) in [6.45, 7) is 6.39. The van der Waals surface area contributed by atoms with E-state index in [1.165, 1.54) is 17.5 Å². The van der Waals surface area contributed by atoms with E-state index in [1.807, 2.05) is 0 Å². The summed E-state index contributed by atoms with van der Waals surface area (Å²) >= 11 is 0. The second-order valence-corrected chi connectivity index (χ2v) is 7.71. The van der Waals surface area contributed by atoms with E-state index in [9.17, 15) is 4.39 Å². The molecule has 0 amide bonds. The third-order valence-electron chi connectivity index (χ3n) is 5.75. The van der Waals surface area contributed by atoms with Gasteiger partial charge in [-0.3, -0.25) is 0 Å². The number of anilines is 1. The normalized spacial score (nSPS) is 13.9. The first-order valence-electron chi connectivity index (χ1n) is 11.1. The molecule has 1 aromatic carbocycles. The van der Waals surface area contributed by atoms with Crippen LogP contribution in [0, 0.1) is 0 Å². The number of benzene rings is 1. The smallest absolute Gasteiger partial charge is 0.148 e. The quantitative estimate of drug-likeness (QED) is 0.527. The van der Waals surface area contributed by atoms with E-state index in [0.717, 1.165) is 66.3 Å². The first kappa shape index (κ1) is 22.5. The van der Waals surface area contributed by atoms with Crippen molar-refractivity contribution in [3.05, 3.63) is 34.6 Å². The zero-order valence-corrected chi connectivity index (χ0v) is 18.7. The van der Waals surface area contributed by atoms with Gasteiger partial charge in [0.15, 0.2) is 0 Å². The van der Waals surface area contributed by atoms with Gasteiger partial charge in [-0.2, -0.15) is 0 Å². The number of nitrogens with one attached hydrogen (secondary N) is 1. The minimum absolute atomic E-state index is 0.0706. The zero-order valence-electron chi connectivity index (χ0n) is 18.7. The highest BCUT2D eigenvalue weighted by atomic mass is 19.1. The number of halogens is 1. The second-order valence-electron chi connectivity index (χ2n) is 7.71. The molecular formula is C24H34FN3O2. The highest BCUT2D eigenvalue weighted by Crippen LogP contribution is 2.37. The number of nitrogens with zero attached hydrogens (tertiary/aromatic N) is 2. The third kappa shape index (κ3) is 4.91. The van der Waals surface area contributed by atoms with Gasteiger partial charge in [0.1, 0.15) is 18.2 Å². The molecule has 0 unspecified atom stereocenters. The molecule has 0 radical (unpaired) electrons. The highest BCUT2D eigenvalue weighted by molar-refractivity contribution is 5.72. The van der Waals surface area contributed by atoms with Gasteiger partial charge in [-0.1, -0.05) is 20.8 Å². The van der Waals surface area contributed by atoms with E-state index in [0.29, 0.717) is 6.61 Å². The molecule has 30 heavy (non-hydrogen) atoms. The van der Waals surface area contributed by atoms with Gasteiger partial charge in [0.05, 0.1) is 43.4 Å². The number of alkyl halides is 1. The molecule has 3 rings (SSSR count). The van der Waals surface area contributed by atoms with E-state index >= 15 is 0 Å². The fourth-order valence-electron chi connectivity index (χ4n) is 4.02. The van der Waals surface area contributed by atoms with E-state index in [4.69, 9.17) is 19.4 Å². The lowest BCUT2D eigenvalue weighted by molar-refractivity contribution is 0.110. The Balaban J connectivity index is 1.98. The Kier molecular flexibility index (Phi) is 8.02. The molecule has 6 heteroatoms. The van der Waals surface area contributed by atoms with Crippen molar-refractivity contribution in [3.63, 3.8) is 0 Å². The maximum atomic E-state index is 12.4. The van der Waals surface area contributed by atoms with Gasteiger partial charge in [0.25, 0.3) is 0 Å². The largest absolute Gasteiger partial charge is 0.496 e. The molecule has 1 aliphatic carbocycles. The molecule has 164 valence electrons. The predicted octanol–water partition coefficient (Wildman–Crippen LogP) is 4.94. The van der Waals surface area contributed by atoms with Crippen molar-refractivity contribution in [2.75, 3.05) is 32.3 Å². The fraction of sp³-hybridized carbons (Fsp3) is 0.583. The number of rotatable bonds is 11. The minimum atomic E-state index is -0.465. The Hall–Kier alpha value is -2.21. The summed E-state index contributed by atoms with van der Waals surface area (Å²) in [5.41, 5.74) is 6.59. The van der Waals surface area contributed by atoms with Crippen LogP contribution in [0.2, 0.25) is 0 Å². The van der Waals surface area contributed by atoms with Gasteiger partial charge < -0.3 is 14.8 Å². The molecule has 0 fully saturated rings. The van der Waals surface area contributed by atoms with Crippen LogP contribution in [-0.4, -0.2) is 43.0 Å². The van der Waals surface area contributed by atoms with Crippen molar-refractivity contribution in [1.82, 2.24) is 9.97 Å². The lowest BCUT2D eigenvalue weighted by Gasteiger charge is -2.21. The number of hydrogen-bond donors (Lipinski definition) is 1. The summed E-state index contributed by atoms with van der Waals surface area (Å²) in [4.78, 5) is 10.0. The van der Waals surface area contributed by atoms with Crippen LogP contribution in [-0.2, 0) is 30.4 Å². The Morgan fingerprint density at radius 1 is 1.07 bits per heavy atom. The van der Waals surface area contributed by atoms with Gasteiger partial charge in [-0.25, -0.2) is 14.4 Å². The lowest BCUT2D eigenvalue weighted by Crippen LogP contribution is -2.27. The molecule has 0 aliphatic heterocycles. The third-order valence-corrected chi connectivity index (χ3v) is 5.75. The number of fused-ring (bicyclic) bond motifs is 1. The molecule has 2 aromatic rings. The molecule has 0 bridgehead atoms. The summed E-state index contributed by atoms with van der Waals surface area (Å²) in [5.74, 6) is 1.67. The van der Waals surface area contributed by atoms with Crippen LogP contribution in [0.25, 0.3) is 11.3 Å². The predicted molar refractivity (Wildman–Crippen MR) is 119 cm³/mol. The van der Waals surface area contributed by atoms with Crippen molar-refractivity contribution in [1.29, 1.82) is 0 Å². The minimum Gasteiger partial charge on any atom is -0.496 e. The topological polar surface area (TPSA) is 56.3 Å². The van der Waals surface area contributed by atoms with Gasteiger partial charge in [0, 0.05) is 5.56 Å². The van der Waals surface area contributed by atoms with Crippen molar-refractivity contribution in [2.45, 2.75) is 65.3 Å². The lowest BCUT2D eigenvalue weighted by atomic mass is 10.0. The number of hydrogen-bond acceptors (Lipinski definition) is 5. The Bertz CT molecular complexity index is 857. The van der Waals surface area contributed by atoms with Gasteiger partial charge in [-0.15, -0.1) is 0 Å². The fourth-order valence-corrected chi connectivity index (χ4v) is 4.02. The second kappa shape index (κ2) is 10.7. The average Bonchev–Trinajstić information content (AvgIpc) is 3.24. The number of aryl methyl sites for hydroxylation is 4. The summed E-state index contributed by atoms with van der Waals surface area (Å²) in [5, 5.41) is 3.48. The number of aromatic nitrogens is 2. The zero-order chi connectivity index (χ0) is 21.5. The number of ether oxygens (including phenoxy) is 2. The maximum Gasteiger partial charge on any atom is 0.148 e. The van der Waals surface area contributed by atoms with Crippen LogP contribution < -0.4 is 10.1 Å². The van der Waals surface area contributed by atoms with E-state index in [2.05, 4.69) is 38.2 Å².